The molecule has 2 amide bonds. The van der Waals surface area contributed by atoms with Crippen molar-refractivity contribution in [3.8, 4) is 5.75 Å². The number of hydrogen-bond acceptors (Lipinski definition) is 8. The van der Waals surface area contributed by atoms with E-state index in [-0.39, 0.29) is 23.3 Å². The Hall–Kier alpha value is -3.29. The third-order valence-electron chi connectivity index (χ3n) is 9.72. The first-order valence-electron chi connectivity index (χ1n) is 17.5. The van der Waals surface area contributed by atoms with Crippen LogP contribution in [0, 0.1) is 11.8 Å². The first-order valence-corrected chi connectivity index (χ1v) is 20.7. The summed E-state index contributed by atoms with van der Waals surface area (Å²) in [5.74, 6) is 1.10. The number of carbonyl (C=O) groups excluding carboxylic acids is 2. The molecule has 51 heavy (non-hydrogen) atoms. The van der Waals surface area contributed by atoms with Crippen LogP contribution in [0.3, 0.4) is 0 Å². The van der Waals surface area contributed by atoms with E-state index in [9.17, 15) is 13.8 Å². The number of aryl methyl sites for hydroxylation is 1. The average molecular weight is 755 g/mol. The Morgan fingerprint density at radius 3 is 2.78 bits per heavy atom. The van der Waals surface area contributed by atoms with E-state index in [1.807, 2.05) is 47.7 Å². The molecule has 0 spiro atoms. The molecule has 274 valence electrons. The molecule has 3 atom stereocenters. The van der Waals surface area contributed by atoms with E-state index in [0.29, 0.717) is 66.6 Å². The second kappa shape index (κ2) is 17.0. The lowest BCUT2D eigenvalue weighted by Crippen LogP contribution is -2.35. The van der Waals surface area contributed by atoms with E-state index in [2.05, 4.69) is 15.2 Å². The highest BCUT2D eigenvalue weighted by atomic mass is 35.5. The number of fused-ring (bicyclic) bond motifs is 3. The molecule has 0 radical (unpaired) electrons. The Labute approximate surface area is 310 Å². The lowest BCUT2D eigenvalue weighted by Gasteiger charge is -2.30. The Morgan fingerprint density at radius 2 is 2.02 bits per heavy atom. The van der Waals surface area contributed by atoms with Crippen molar-refractivity contribution in [3.63, 3.8) is 0 Å². The summed E-state index contributed by atoms with van der Waals surface area (Å²) in [6.07, 6.45) is 10.9. The number of amides is 2. The zero-order valence-electron chi connectivity index (χ0n) is 29.5. The van der Waals surface area contributed by atoms with E-state index in [4.69, 9.17) is 25.8 Å². The Morgan fingerprint density at radius 1 is 1.18 bits per heavy atom. The Kier molecular flexibility index (Phi) is 12.5. The highest BCUT2D eigenvalue weighted by Gasteiger charge is 2.26. The highest BCUT2D eigenvalue weighted by Crippen LogP contribution is 2.34. The number of halogens is 1. The molecule has 6 rings (SSSR count). The van der Waals surface area contributed by atoms with E-state index >= 15 is 0 Å². The standard InChI is InChI=1S/C38H47ClN4O6S2/c1-26(6-4-9-35(47-3)27-7-5-8-27)24-51(46,41-38(45)31-19-33-23-48-16-15-43(33)22-31)40-37(44)29-11-13-36-34(20-29)42(2)21-30-10-12-32(39)18-28(30)14-17-50-25-49-36/h4,9-13,18-20,22,26-27,35H,5-8,14-17,21,23-25H2,1-3H3,(H,40,41,44,45,46)/b9-4+/t26-,35-,51?/m0/s1. The molecular weight excluding hydrogens is 708 g/mol. The second-order valence-corrected chi connectivity index (χ2v) is 17.1. The number of nitrogens with one attached hydrogen (secondary N) is 1. The van der Waals surface area contributed by atoms with E-state index in [1.54, 1.807) is 49.3 Å². The van der Waals surface area contributed by atoms with Crippen molar-refractivity contribution in [2.45, 2.75) is 64.8 Å². The molecule has 2 aliphatic heterocycles. The third kappa shape index (κ3) is 9.58. The minimum Gasteiger partial charge on any atom is -0.481 e. The molecule has 0 bridgehead atoms. The van der Waals surface area contributed by atoms with Crippen LogP contribution in [0.2, 0.25) is 5.02 Å². The van der Waals surface area contributed by atoms with Gasteiger partial charge in [0.1, 0.15) is 21.6 Å². The van der Waals surface area contributed by atoms with Crippen LogP contribution in [0.15, 0.2) is 65.2 Å². The van der Waals surface area contributed by atoms with Crippen molar-refractivity contribution in [3.05, 3.63) is 93.8 Å². The van der Waals surface area contributed by atoms with Gasteiger partial charge in [-0.1, -0.05) is 43.2 Å². The first-order chi connectivity index (χ1) is 24.6. The van der Waals surface area contributed by atoms with Crippen molar-refractivity contribution in [2.24, 2.45) is 16.2 Å². The van der Waals surface area contributed by atoms with E-state index < -0.39 is 21.7 Å². The van der Waals surface area contributed by atoms with Crippen LogP contribution >= 0.6 is 23.4 Å². The highest BCUT2D eigenvalue weighted by molar-refractivity contribution is 7.99. The molecule has 13 heteroatoms. The summed E-state index contributed by atoms with van der Waals surface area (Å²) in [7, 11) is 0.117. The summed E-state index contributed by atoms with van der Waals surface area (Å²) in [5, 5.41) is 0.696. The van der Waals surface area contributed by atoms with Crippen LogP contribution in [0.5, 0.6) is 5.75 Å². The quantitative estimate of drug-likeness (QED) is 0.215. The first kappa shape index (κ1) is 37.5. The number of rotatable bonds is 10. The maximum atomic E-state index is 14.6. The van der Waals surface area contributed by atoms with Gasteiger partial charge in [0.2, 0.25) is 0 Å². The fraction of sp³-hybridized carbons (Fsp3) is 0.474. The molecule has 2 aromatic carbocycles. The predicted molar refractivity (Wildman–Crippen MR) is 204 cm³/mol. The number of benzene rings is 2. The van der Waals surface area contributed by atoms with Gasteiger partial charge < -0.3 is 23.7 Å². The number of anilines is 1. The predicted octanol–water partition coefficient (Wildman–Crippen LogP) is 7.28. The summed E-state index contributed by atoms with van der Waals surface area (Å²) < 4.78 is 40.9. The second-order valence-electron chi connectivity index (χ2n) is 13.6. The molecule has 3 aromatic rings. The fourth-order valence-electron chi connectivity index (χ4n) is 6.67. The summed E-state index contributed by atoms with van der Waals surface area (Å²) in [4.78, 5) is 29.5. The van der Waals surface area contributed by atoms with Gasteiger partial charge in [0, 0.05) is 55.5 Å². The zero-order valence-corrected chi connectivity index (χ0v) is 31.9. The molecule has 10 nitrogen and oxygen atoms in total. The zero-order chi connectivity index (χ0) is 36.0. The summed E-state index contributed by atoms with van der Waals surface area (Å²) >= 11 is 8.01. The largest absolute Gasteiger partial charge is 0.481 e. The SMILES string of the molecule is CO[C@@H](/C=C/C[C@H](C)CS(=O)(=NC(=O)c1ccc2c(c1)N(C)Cc1ccc(Cl)cc1CCSCO2)NC(=O)c1cc2n(c1)CCOC2)C1CCC1. The number of hydrogen-bond donors (Lipinski definition) is 1. The third-order valence-corrected chi connectivity index (χ3v) is 12.7. The number of ether oxygens (including phenoxy) is 3. The monoisotopic (exact) mass is 754 g/mol. The van der Waals surface area contributed by atoms with Crippen molar-refractivity contribution in [1.82, 2.24) is 9.29 Å². The molecule has 1 N–H and O–H groups in total. The van der Waals surface area contributed by atoms with Crippen molar-refractivity contribution in [2.75, 3.05) is 43.1 Å². The smallest absolute Gasteiger partial charge is 0.286 e. The Bertz CT molecular complexity index is 1860. The molecule has 1 aromatic heterocycles. The van der Waals surface area contributed by atoms with Gasteiger partial charge in [0.15, 0.2) is 0 Å². The van der Waals surface area contributed by atoms with Crippen LogP contribution < -0.4 is 14.4 Å². The van der Waals surface area contributed by atoms with Gasteiger partial charge in [-0.25, -0.2) is 4.21 Å². The fourth-order valence-corrected chi connectivity index (χ4v) is 9.45. The maximum absolute atomic E-state index is 14.6. The van der Waals surface area contributed by atoms with Crippen LogP contribution in [0.25, 0.3) is 0 Å². The molecule has 1 unspecified atom stereocenters. The van der Waals surface area contributed by atoms with Crippen LogP contribution in [0.1, 0.15) is 70.1 Å². The van der Waals surface area contributed by atoms with Crippen LogP contribution in [0.4, 0.5) is 5.69 Å². The Balaban J connectivity index is 1.27. The van der Waals surface area contributed by atoms with Crippen LogP contribution in [-0.2, 0) is 45.5 Å². The van der Waals surface area contributed by atoms with Crippen molar-refractivity contribution < 1.29 is 28.0 Å². The molecule has 0 saturated heterocycles. The summed E-state index contributed by atoms with van der Waals surface area (Å²) in [6.45, 7) is 4.09. The number of allylic oxidation sites excluding steroid dienone is 1. The van der Waals surface area contributed by atoms with Crippen molar-refractivity contribution in [1.29, 1.82) is 0 Å². The van der Waals surface area contributed by atoms with E-state index in [1.165, 1.54) is 12.0 Å². The number of carbonyl (C=O) groups is 2. The molecule has 1 fully saturated rings. The average Bonchev–Trinajstić information content (AvgIpc) is 3.51. The van der Waals surface area contributed by atoms with Crippen molar-refractivity contribution >= 4 is 50.8 Å². The maximum Gasteiger partial charge on any atom is 0.286 e. The van der Waals surface area contributed by atoms with Gasteiger partial charge >= 0.3 is 0 Å². The van der Waals surface area contributed by atoms with Gasteiger partial charge in [-0.3, -0.25) is 14.3 Å². The van der Waals surface area contributed by atoms with Gasteiger partial charge in [-0.05, 0) is 85.0 Å². The topological polar surface area (TPSA) is 111 Å². The minimum absolute atomic E-state index is 0.00288. The van der Waals surface area contributed by atoms with Gasteiger partial charge in [0.05, 0.1) is 36.3 Å². The van der Waals surface area contributed by atoms with E-state index in [0.717, 1.165) is 36.3 Å². The van der Waals surface area contributed by atoms with Gasteiger partial charge in [-0.15, -0.1) is 16.1 Å². The number of thioether (sulfide) groups is 1. The lowest BCUT2D eigenvalue weighted by molar-refractivity contribution is 0.0534. The van der Waals surface area contributed by atoms with Gasteiger partial charge in [0.25, 0.3) is 11.8 Å². The molecule has 1 aliphatic carbocycles. The molecule has 1 saturated carbocycles. The van der Waals surface area contributed by atoms with Gasteiger partial charge in [-0.2, -0.15) is 0 Å². The summed E-state index contributed by atoms with van der Waals surface area (Å²) in [6, 6.07) is 12.8. The number of methoxy groups -OCH3 is 1. The number of nitrogens with zero attached hydrogens (tertiary/aromatic N) is 3. The normalized spacial score (nSPS) is 18.9. The minimum atomic E-state index is -3.55. The molecule has 3 aliphatic rings. The van der Waals surface area contributed by atoms with Crippen LogP contribution in [-0.4, -0.2) is 64.9 Å². The number of aromatic nitrogens is 1. The summed E-state index contributed by atoms with van der Waals surface area (Å²) in [5.41, 5.74) is 4.47. The molecular formula is C38H47ClN4O6S2. The molecule has 3 heterocycles. The lowest BCUT2D eigenvalue weighted by atomic mass is 9.81.